The summed E-state index contributed by atoms with van der Waals surface area (Å²) in [5.41, 5.74) is 9.18. The Morgan fingerprint density at radius 3 is 2.67 bits per heavy atom. The number of ether oxygens (including phenoxy) is 1. The minimum absolute atomic E-state index is 0.842. The van der Waals surface area contributed by atoms with E-state index in [9.17, 15) is 0 Å². The molecule has 0 aromatic heterocycles. The van der Waals surface area contributed by atoms with E-state index in [1.807, 2.05) is 24.3 Å². The van der Waals surface area contributed by atoms with Crippen molar-refractivity contribution in [3.63, 3.8) is 0 Å². The smallest absolute Gasteiger partial charge is 0.123 e. The summed E-state index contributed by atoms with van der Waals surface area (Å²) < 4.78 is 5.39. The van der Waals surface area contributed by atoms with E-state index in [0.29, 0.717) is 0 Å². The Balaban J connectivity index is 1.81. The molecule has 0 aliphatic carbocycles. The predicted octanol–water partition coefficient (Wildman–Crippen LogP) is 3.34. The van der Waals surface area contributed by atoms with Crippen LogP contribution in [0.3, 0.4) is 0 Å². The molecule has 0 radical (unpaired) electrons. The van der Waals surface area contributed by atoms with Gasteiger partial charge in [-0.3, -0.25) is 0 Å². The molecule has 0 unspecified atom stereocenters. The number of anilines is 1. The Morgan fingerprint density at radius 2 is 1.90 bits per heavy atom. The Labute approximate surface area is 127 Å². The number of nitrogens with zero attached hydrogens (tertiary/aromatic N) is 1. The molecule has 3 nitrogen and oxygen atoms in total. The molecule has 0 aliphatic rings. The summed E-state index contributed by atoms with van der Waals surface area (Å²) in [6.45, 7) is 1.95. The normalized spacial score (nSPS) is 10.8. The van der Waals surface area contributed by atoms with E-state index in [1.54, 1.807) is 7.11 Å². The maximum atomic E-state index is 5.80. The SMILES string of the molecule is COc1ccccc1CN(C)CCCc1cccc(N)c1. The van der Waals surface area contributed by atoms with Crippen molar-refractivity contribution in [1.82, 2.24) is 4.90 Å². The number of nitrogen functional groups attached to an aromatic ring is 1. The van der Waals surface area contributed by atoms with Gasteiger partial charge < -0.3 is 15.4 Å². The molecule has 0 fully saturated rings. The summed E-state index contributed by atoms with van der Waals surface area (Å²) in [6.07, 6.45) is 2.18. The number of nitrogens with two attached hydrogens (primary N) is 1. The molecule has 2 rings (SSSR count). The van der Waals surface area contributed by atoms with Crippen LogP contribution in [0.5, 0.6) is 5.75 Å². The fourth-order valence-corrected chi connectivity index (χ4v) is 2.51. The quantitative estimate of drug-likeness (QED) is 0.793. The summed E-state index contributed by atoms with van der Waals surface area (Å²) in [6, 6.07) is 16.3. The van der Waals surface area contributed by atoms with E-state index >= 15 is 0 Å². The first kappa shape index (κ1) is 15.4. The third-order valence-electron chi connectivity index (χ3n) is 3.59. The molecule has 0 spiro atoms. The Bertz CT molecular complexity index is 569. The fourth-order valence-electron chi connectivity index (χ4n) is 2.51. The van der Waals surface area contributed by atoms with E-state index in [4.69, 9.17) is 10.5 Å². The van der Waals surface area contributed by atoms with Gasteiger partial charge in [0.15, 0.2) is 0 Å². The second kappa shape index (κ2) is 7.70. The molecule has 0 bridgehead atoms. The molecule has 0 amide bonds. The van der Waals surface area contributed by atoms with Crippen LogP contribution in [0.2, 0.25) is 0 Å². The van der Waals surface area contributed by atoms with Crippen LogP contribution in [0.15, 0.2) is 48.5 Å². The number of para-hydroxylation sites is 1. The number of hydrogen-bond donors (Lipinski definition) is 1. The van der Waals surface area contributed by atoms with Gasteiger partial charge in [0, 0.05) is 17.8 Å². The molecule has 0 atom stereocenters. The van der Waals surface area contributed by atoms with Crippen LogP contribution in [-0.2, 0) is 13.0 Å². The van der Waals surface area contributed by atoms with Crippen LogP contribution in [0.25, 0.3) is 0 Å². The van der Waals surface area contributed by atoms with Crippen LogP contribution in [0, 0.1) is 0 Å². The highest BCUT2D eigenvalue weighted by molar-refractivity contribution is 5.40. The lowest BCUT2D eigenvalue weighted by atomic mass is 10.1. The van der Waals surface area contributed by atoms with Gasteiger partial charge in [0.1, 0.15) is 5.75 Å². The summed E-state index contributed by atoms with van der Waals surface area (Å²) >= 11 is 0. The predicted molar refractivity (Wildman–Crippen MR) is 88.5 cm³/mol. The lowest BCUT2D eigenvalue weighted by molar-refractivity contribution is 0.313. The van der Waals surface area contributed by atoms with E-state index in [-0.39, 0.29) is 0 Å². The lowest BCUT2D eigenvalue weighted by Gasteiger charge is -2.18. The highest BCUT2D eigenvalue weighted by Gasteiger charge is 2.05. The van der Waals surface area contributed by atoms with Crippen molar-refractivity contribution < 1.29 is 4.74 Å². The van der Waals surface area contributed by atoms with E-state index < -0.39 is 0 Å². The van der Waals surface area contributed by atoms with Gasteiger partial charge in [0.05, 0.1) is 7.11 Å². The van der Waals surface area contributed by atoms with Crippen LogP contribution < -0.4 is 10.5 Å². The van der Waals surface area contributed by atoms with Gasteiger partial charge in [0.2, 0.25) is 0 Å². The van der Waals surface area contributed by atoms with Crippen molar-refractivity contribution in [1.29, 1.82) is 0 Å². The Morgan fingerprint density at radius 1 is 1.10 bits per heavy atom. The fraction of sp³-hybridized carbons (Fsp3) is 0.333. The molecule has 0 heterocycles. The first-order chi connectivity index (χ1) is 10.2. The van der Waals surface area contributed by atoms with Crippen molar-refractivity contribution >= 4 is 5.69 Å². The largest absolute Gasteiger partial charge is 0.496 e. The zero-order valence-electron chi connectivity index (χ0n) is 12.9. The average Bonchev–Trinajstić information content (AvgIpc) is 2.48. The number of methoxy groups -OCH3 is 1. The summed E-state index contributed by atoms with van der Waals surface area (Å²) in [7, 11) is 3.87. The van der Waals surface area contributed by atoms with Gasteiger partial charge in [-0.1, -0.05) is 30.3 Å². The van der Waals surface area contributed by atoms with E-state index in [1.165, 1.54) is 11.1 Å². The van der Waals surface area contributed by atoms with Gasteiger partial charge in [0.25, 0.3) is 0 Å². The van der Waals surface area contributed by atoms with Crippen molar-refractivity contribution in [2.45, 2.75) is 19.4 Å². The summed E-state index contributed by atoms with van der Waals surface area (Å²) in [4.78, 5) is 2.32. The molecule has 112 valence electrons. The van der Waals surface area contributed by atoms with Crippen LogP contribution in [0.4, 0.5) is 5.69 Å². The molecule has 0 saturated carbocycles. The molecule has 3 heteroatoms. The van der Waals surface area contributed by atoms with Crippen molar-refractivity contribution in [3.05, 3.63) is 59.7 Å². The molecular weight excluding hydrogens is 260 g/mol. The number of aryl methyl sites for hydroxylation is 1. The topological polar surface area (TPSA) is 38.5 Å². The van der Waals surface area contributed by atoms with Gasteiger partial charge in [-0.25, -0.2) is 0 Å². The third-order valence-corrected chi connectivity index (χ3v) is 3.59. The maximum Gasteiger partial charge on any atom is 0.123 e. The third kappa shape index (κ3) is 4.80. The van der Waals surface area contributed by atoms with E-state index in [0.717, 1.165) is 37.4 Å². The molecule has 0 saturated heterocycles. The summed E-state index contributed by atoms with van der Waals surface area (Å²) in [5.74, 6) is 0.959. The first-order valence-electron chi connectivity index (χ1n) is 7.34. The standard InChI is InChI=1S/C18H24N2O/c1-20(14-16-9-3-4-11-18(16)21-2)12-6-8-15-7-5-10-17(19)13-15/h3-5,7,9-11,13H,6,8,12,14,19H2,1-2H3. The van der Waals surface area contributed by atoms with Crippen molar-refractivity contribution in [2.24, 2.45) is 0 Å². The zero-order chi connectivity index (χ0) is 15.1. The highest BCUT2D eigenvalue weighted by atomic mass is 16.5. The second-order valence-electron chi connectivity index (χ2n) is 5.40. The molecule has 2 aromatic rings. The number of hydrogen-bond acceptors (Lipinski definition) is 3. The monoisotopic (exact) mass is 284 g/mol. The maximum absolute atomic E-state index is 5.80. The lowest BCUT2D eigenvalue weighted by Crippen LogP contribution is -2.20. The van der Waals surface area contributed by atoms with Gasteiger partial charge in [-0.2, -0.15) is 0 Å². The number of rotatable bonds is 7. The highest BCUT2D eigenvalue weighted by Crippen LogP contribution is 2.19. The minimum atomic E-state index is 0.842. The van der Waals surface area contributed by atoms with Crippen LogP contribution in [0.1, 0.15) is 17.5 Å². The second-order valence-corrected chi connectivity index (χ2v) is 5.40. The Kier molecular flexibility index (Phi) is 5.64. The van der Waals surface area contributed by atoms with Crippen LogP contribution >= 0.6 is 0 Å². The molecule has 0 aliphatic heterocycles. The van der Waals surface area contributed by atoms with Gasteiger partial charge in [-0.15, -0.1) is 0 Å². The van der Waals surface area contributed by atoms with Crippen molar-refractivity contribution in [2.75, 3.05) is 26.4 Å². The molecule has 21 heavy (non-hydrogen) atoms. The van der Waals surface area contributed by atoms with Gasteiger partial charge >= 0.3 is 0 Å². The molecule has 2 N–H and O–H groups in total. The first-order valence-corrected chi connectivity index (χ1v) is 7.34. The van der Waals surface area contributed by atoms with Crippen molar-refractivity contribution in [3.8, 4) is 5.75 Å². The van der Waals surface area contributed by atoms with Gasteiger partial charge in [-0.05, 0) is 50.2 Å². The zero-order valence-corrected chi connectivity index (χ0v) is 12.9. The van der Waals surface area contributed by atoms with E-state index in [2.05, 4.69) is 36.2 Å². The Hall–Kier alpha value is -2.00. The number of benzene rings is 2. The average molecular weight is 284 g/mol. The summed E-state index contributed by atoms with van der Waals surface area (Å²) in [5, 5.41) is 0. The van der Waals surface area contributed by atoms with Crippen LogP contribution in [-0.4, -0.2) is 25.6 Å². The molecule has 2 aromatic carbocycles. The minimum Gasteiger partial charge on any atom is -0.496 e. The molecular formula is C18H24N2O.